The Labute approximate surface area is 108 Å². The molecule has 6 nitrogen and oxygen atoms in total. The molecule has 1 aromatic heterocycles. The highest BCUT2D eigenvalue weighted by atomic mass is 16.5. The first-order valence-corrected chi connectivity index (χ1v) is 6.08. The number of nitrogens with zero attached hydrogens (tertiary/aromatic N) is 2. The normalized spacial score (nSPS) is 10.6. The Bertz CT molecular complexity index is 323. The maximum absolute atomic E-state index is 5.44. The second-order valence-electron chi connectivity index (χ2n) is 3.58. The van der Waals surface area contributed by atoms with Crippen molar-refractivity contribution in [2.75, 3.05) is 40.1 Å². The lowest BCUT2D eigenvalue weighted by Gasteiger charge is -2.07. The van der Waals surface area contributed by atoms with Gasteiger partial charge in [-0.15, -0.1) is 0 Å². The fraction of sp³-hybridized carbons (Fsp3) is 0.667. The van der Waals surface area contributed by atoms with Crippen LogP contribution in [0.15, 0.2) is 12.4 Å². The average Bonchev–Trinajstić information content (AvgIpc) is 2.41. The molecule has 0 amide bonds. The van der Waals surface area contributed by atoms with E-state index in [1.807, 2.05) is 6.92 Å². The van der Waals surface area contributed by atoms with E-state index in [-0.39, 0.29) is 0 Å². The Hall–Kier alpha value is -1.24. The number of rotatable bonds is 10. The molecule has 0 bridgehead atoms. The number of aromatic nitrogens is 2. The second kappa shape index (κ2) is 9.76. The zero-order chi connectivity index (χ0) is 13.1. The minimum atomic E-state index is 0.461. The van der Waals surface area contributed by atoms with Crippen LogP contribution in [-0.4, -0.2) is 50.1 Å². The van der Waals surface area contributed by atoms with Crippen molar-refractivity contribution in [3.05, 3.63) is 18.1 Å². The van der Waals surface area contributed by atoms with Crippen molar-refractivity contribution in [1.82, 2.24) is 15.3 Å². The Morgan fingerprint density at radius 3 is 2.78 bits per heavy atom. The van der Waals surface area contributed by atoms with Crippen LogP contribution < -0.4 is 10.1 Å². The summed E-state index contributed by atoms with van der Waals surface area (Å²) in [6.45, 7) is 5.80. The summed E-state index contributed by atoms with van der Waals surface area (Å²) in [6.07, 6.45) is 3.33. The summed E-state index contributed by atoms with van der Waals surface area (Å²) in [5, 5.41) is 3.19. The highest BCUT2D eigenvalue weighted by molar-refractivity contribution is 5.08. The van der Waals surface area contributed by atoms with Crippen LogP contribution in [0.1, 0.15) is 12.6 Å². The van der Waals surface area contributed by atoms with E-state index in [2.05, 4.69) is 15.3 Å². The maximum atomic E-state index is 5.44. The molecule has 1 heterocycles. The number of ether oxygens (including phenoxy) is 3. The molecule has 1 aromatic rings. The van der Waals surface area contributed by atoms with Crippen molar-refractivity contribution in [3.8, 4) is 5.88 Å². The van der Waals surface area contributed by atoms with Gasteiger partial charge in [0, 0.05) is 19.9 Å². The lowest BCUT2D eigenvalue weighted by atomic mass is 10.4. The van der Waals surface area contributed by atoms with E-state index in [0.717, 1.165) is 12.2 Å². The van der Waals surface area contributed by atoms with E-state index in [9.17, 15) is 0 Å². The highest BCUT2D eigenvalue weighted by Crippen LogP contribution is 2.04. The summed E-state index contributed by atoms with van der Waals surface area (Å²) in [5.41, 5.74) is 0.870. The van der Waals surface area contributed by atoms with Crippen LogP contribution in [0.4, 0.5) is 0 Å². The minimum Gasteiger partial charge on any atom is -0.474 e. The molecule has 0 atom stereocenters. The zero-order valence-electron chi connectivity index (χ0n) is 11.0. The van der Waals surface area contributed by atoms with Gasteiger partial charge in [0.15, 0.2) is 0 Å². The fourth-order valence-electron chi connectivity index (χ4n) is 1.24. The van der Waals surface area contributed by atoms with Gasteiger partial charge < -0.3 is 19.5 Å². The Morgan fingerprint density at radius 1 is 1.17 bits per heavy atom. The monoisotopic (exact) mass is 255 g/mol. The largest absolute Gasteiger partial charge is 0.474 e. The predicted octanol–water partition coefficient (Wildman–Crippen LogP) is 0.628. The van der Waals surface area contributed by atoms with Crippen molar-refractivity contribution < 1.29 is 14.2 Å². The van der Waals surface area contributed by atoms with Gasteiger partial charge in [-0.3, -0.25) is 4.98 Å². The Kier molecular flexibility index (Phi) is 8.03. The highest BCUT2D eigenvalue weighted by Gasteiger charge is 1.99. The van der Waals surface area contributed by atoms with Crippen molar-refractivity contribution in [2.24, 2.45) is 0 Å². The molecule has 0 saturated carbocycles. The summed E-state index contributed by atoms with van der Waals surface area (Å²) < 4.78 is 15.6. The molecule has 0 aliphatic rings. The molecule has 0 unspecified atom stereocenters. The molecule has 1 N–H and O–H groups in total. The van der Waals surface area contributed by atoms with Crippen LogP contribution in [0, 0.1) is 0 Å². The molecule has 0 saturated heterocycles. The third-order valence-electron chi connectivity index (χ3n) is 2.13. The van der Waals surface area contributed by atoms with Gasteiger partial charge in [-0.1, -0.05) is 6.92 Å². The van der Waals surface area contributed by atoms with Crippen molar-refractivity contribution >= 4 is 0 Å². The van der Waals surface area contributed by atoms with E-state index in [1.54, 1.807) is 19.5 Å². The van der Waals surface area contributed by atoms with Crippen molar-refractivity contribution in [3.63, 3.8) is 0 Å². The van der Waals surface area contributed by atoms with E-state index >= 15 is 0 Å². The molecule has 6 heteroatoms. The Balaban J connectivity index is 2.20. The van der Waals surface area contributed by atoms with Crippen LogP contribution in [0.3, 0.4) is 0 Å². The number of methoxy groups -OCH3 is 1. The summed E-state index contributed by atoms with van der Waals surface area (Å²) in [4.78, 5) is 8.39. The number of nitrogens with one attached hydrogen (secondary N) is 1. The van der Waals surface area contributed by atoms with Gasteiger partial charge in [0.2, 0.25) is 5.88 Å². The molecule has 0 aliphatic carbocycles. The van der Waals surface area contributed by atoms with E-state index < -0.39 is 0 Å². The molecule has 1 rings (SSSR count). The van der Waals surface area contributed by atoms with E-state index in [0.29, 0.717) is 38.9 Å². The average molecular weight is 255 g/mol. The second-order valence-corrected chi connectivity index (χ2v) is 3.58. The third kappa shape index (κ3) is 6.48. The molecular formula is C12H21N3O3. The van der Waals surface area contributed by atoms with Gasteiger partial charge in [0.05, 0.1) is 31.7 Å². The minimum absolute atomic E-state index is 0.461. The first kappa shape index (κ1) is 14.8. The summed E-state index contributed by atoms with van der Waals surface area (Å²) in [5.74, 6) is 0.528. The number of hydrogen-bond acceptors (Lipinski definition) is 6. The van der Waals surface area contributed by atoms with Gasteiger partial charge in [0.25, 0.3) is 0 Å². The van der Waals surface area contributed by atoms with Crippen LogP contribution in [0.5, 0.6) is 5.88 Å². The van der Waals surface area contributed by atoms with Gasteiger partial charge in [-0.25, -0.2) is 4.98 Å². The third-order valence-corrected chi connectivity index (χ3v) is 2.13. The first-order valence-electron chi connectivity index (χ1n) is 6.08. The molecule has 0 aliphatic heterocycles. The smallest absolute Gasteiger partial charge is 0.232 e. The predicted molar refractivity (Wildman–Crippen MR) is 67.6 cm³/mol. The fourth-order valence-corrected chi connectivity index (χ4v) is 1.24. The summed E-state index contributed by atoms with van der Waals surface area (Å²) >= 11 is 0. The molecular weight excluding hydrogens is 234 g/mol. The zero-order valence-corrected chi connectivity index (χ0v) is 11.0. The lowest BCUT2D eigenvalue weighted by Crippen LogP contribution is -2.14. The molecule has 18 heavy (non-hydrogen) atoms. The van der Waals surface area contributed by atoms with E-state index in [4.69, 9.17) is 14.2 Å². The SMILES string of the molecule is CCNCc1cncc(OCCOCCOC)n1. The lowest BCUT2D eigenvalue weighted by molar-refractivity contribution is 0.0536. The molecule has 0 radical (unpaired) electrons. The first-order chi connectivity index (χ1) is 8.86. The molecule has 102 valence electrons. The van der Waals surface area contributed by atoms with Crippen LogP contribution in [0.2, 0.25) is 0 Å². The van der Waals surface area contributed by atoms with Crippen LogP contribution >= 0.6 is 0 Å². The summed E-state index contributed by atoms with van der Waals surface area (Å²) in [7, 11) is 1.64. The molecule has 0 fully saturated rings. The van der Waals surface area contributed by atoms with Crippen molar-refractivity contribution in [2.45, 2.75) is 13.5 Å². The van der Waals surface area contributed by atoms with Gasteiger partial charge >= 0.3 is 0 Å². The standard InChI is InChI=1S/C12H21N3O3/c1-3-13-8-11-9-14-10-12(15-11)18-7-6-17-5-4-16-2/h9-10,13H,3-8H2,1-2H3. The van der Waals surface area contributed by atoms with Gasteiger partial charge in [-0.2, -0.15) is 0 Å². The van der Waals surface area contributed by atoms with Crippen LogP contribution in [-0.2, 0) is 16.0 Å². The molecule has 0 aromatic carbocycles. The van der Waals surface area contributed by atoms with Gasteiger partial charge in [-0.05, 0) is 6.54 Å². The maximum Gasteiger partial charge on any atom is 0.232 e. The summed E-state index contributed by atoms with van der Waals surface area (Å²) in [6, 6.07) is 0. The topological polar surface area (TPSA) is 65.5 Å². The quantitative estimate of drug-likeness (QED) is 0.619. The van der Waals surface area contributed by atoms with Crippen LogP contribution in [0.25, 0.3) is 0 Å². The molecule has 0 spiro atoms. The van der Waals surface area contributed by atoms with Crippen molar-refractivity contribution in [1.29, 1.82) is 0 Å². The Morgan fingerprint density at radius 2 is 2.00 bits per heavy atom. The van der Waals surface area contributed by atoms with E-state index in [1.165, 1.54) is 0 Å². The number of hydrogen-bond donors (Lipinski definition) is 1. The van der Waals surface area contributed by atoms with Gasteiger partial charge in [0.1, 0.15) is 6.61 Å².